The second kappa shape index (κ2) is 3.70. The molecule has 1 fully saturated rings. The summed E-state index contributed by atoms with van der Waals surface area (Å²) < 4.78 is 1.08. The smallest absolute Gasteiger partial charge is 0.0360 e. The topological polar surface area (TPSA) is 26.0 Å². The van der Waals surface area contributed by atoms with Crippen molar-refractivity contribution in [2.24, 2.45) is 0 Å². The molecule has 0 unspecified atom stereocenters. The average Bonchev–Trinajstić information content (AvgIpc) is 2.56. The molecule has 0 bridgehead atoms. The maximum atomic E-state index is 5.97. The Bertz CT molecular complexity index is 303. The molecule has 0 radical (unpaired) electrons. The largest absolute Gasteiger partial charge is 0.398 e. The van der Waals surface area contributed by atoms with Gasteiger partial charge in [-0.1, -0.05) is 34.8 Å². The summed E-state index contributed by atoms with van der Waals surface area (Å²) in [6.07, 6.45) is 5.35. The molecule has 1 nitrogen and oxygen atoms in total. The van der Waals surface area contributed by atoms with Crippen LogP contribution in [0.1, 0.15) is 37.2 Å². The van der Waals surface area contributed by atoms with E-state index in [9.17, 15) is 0 Å². The van der Waals surface area contributed by atoms with Gasteiger partial charge in [-0.15, -0.1) is 0 Å². The zero-order chi connectivity index (χ0) is 9.26. The van der Waals surface area contributed by atoms with Crippen molar-refractivity contribution in [2.45, 2.75) is 31.6 Å². The van der Waals surface area contributed by atoms with E-state index in [2.05, 4.69) is 28.1 Å². The van der Waals surface area contributed by atoms with Crippen molar-refractivity contribution in [3.63, 3.8) is 0 Å². The Hall–Kier alpha value is -0.500. The van der Waals surface area contributed by atoms with Crippen LogP contribution in [-0.2, 0) is 0 Å². The summed E-state index contributed by atoms with van der Waals surface area (Å²) >= 11 is 3.42. The normalized spacial score (nSPS) is 17.9. The van der Waals surface area contributed by atoms with Gasteiger partial charge < -0.3 is 5.73 Å². The van der Waals surface area contributed by atoms with Crippen molar-refractivity contribution in [3.05, 3.63) is 28.2 Å². The Balaban J connectivity index is 2.29. The first-order valence-electron chi connectivity index (χ1n) is 4.82. The number of benzene rings is 1. The molecule has 1 aromatic rings. The van der Waals surface area contributed by atoms with Gasteiger partial charge in [-0.3, -0.25) is 0 Å². The van der Waals surface area contributed by atoms with Crippen LogP contribution >= 0.6 is 15.9 Å². The van der Waals surface area contributed by atoms with E-state index in [-0.39, 0.29) is 0 Å². The molecule has 0 spiro atoms. The summed E-state index contributed by atoms with van der Waals surface area (Å²) in [5.74, 6) is 0.716. The maximum absolute atomic E-state index is 5.97. The van der Waals surface area contributed by atoms with Crippen molar-refractivity contribution in [2.75, 3.05) is 5.73 Å². The van der Waals surface area contributed by atoms with E-state index in [4.69, 9.17) is 5.73 Å². The van der Waals surface area contributed by atoms with Gasteiger partial charge in [-0.05, 0) is 36.5 Å². The van der Waals surface area contributed by atoms with Crippen molar-refractivity contribution in [1.82, 2.24) is 0 Å². The summed E-state index contributed by atoms with van der Waals surface area (Å²) in [6.45, 7) is 0. The minimum Gasteiger partial charge on any atom is -0.398 e. The second-order valence-electron chi connectivity index (χ2n) is 3.75. The second-order valence-corrected chi connectivity index (χ2v) is 4.67. The van der Waals surface area contributed by atoms with E-state index in [0.717, 1.165) is 10.2 Å². The Labute approximate surface area is 87.5 Å². The van der Waals surface area contributed by atoms with Crippen molar-refractivity contribution < 1.29 is 0 Å². The van der Waals surface area contributed by atoms with Gasteiger partial charge in [0, 0.05) is 10.2 Å². The highest BCUT2D eigenvalue weighted by Crippen LogP contribution is 2.37. The van der Waals surface area contributed by atoms with Crippen LogP contribution in [0.5, 0.6) is 0 Å². The lowest BCUT2D eigenvalue weighted by molar-refractivity contribution is 0.725. The number of hydrogen-bond acceptors (Lipinski definition) is 1. The Morgan fingerprint density at radius 3 is 2.54 bits per heavy atom. The third-order valence-corrected chi connectivity index (χ3v) is 3.34. The number of halogens is 1. The van der Waals surface area contributed by atoms with Crippen LogP contribution in [0, 0.1) is 0 Å². The fraction of sp³-hybridized carbons (Fsp3) is 0.455. The van der Waals surface area contributed by atoms with Gasteiger partial charge in [0.05, 0.1) is 0 Å². The van der Waals surface area contributed by atoms with Crippen molar-refractivity contribution in [1.29, 1.82) is 0 Å². The van der Waals surface area contributed by atoms with E-state index >= 15 is 0 Å². The maximum Gasteiger partial charge on any atom is 0.0360 e. The number of anilines is 1. The molecule has 1 aliphatic rings. The van der Waals surface area contributed by atoms with Crippen LogP contribution in [0.4, 0.5) is 5.69 Å². The molecule has 1 aromatic carbocycles. The van der Waals surface area contributed by atoms with E-state index in [1.807, 2.05) is 6.07 Å². The summed E-state index contributed by atoms with van der Waals surface area (Å²) in [6, 6.07) is 6.26. The van der Waals surface area contributed by atoms with Gasteiger partial charge in [0.1, 0.15) is 0 Å². The first-order valence-corrected chi connectivity index (χ1v) is 5.61. The molecule has 0 aliphatic heterocycles. The number of rotatable bonds is 1. The molecule has 70 valence electrons. The summed E-state index contributed by atoms with van der Waals surface area (Å²) in [4.78, 5) is 0. The van der Waals surface area contributed by atoms with Gasteiger partial charge in [-0.2, -0.15) is 0 Å². The van der Waals surface area contributed by atoms with Crippen LogP contribution < -0.4 is 5.73 Å². The molecule has 2 rings (SSSR count). The number of nitrogens with two attached hydrogens (primary N) is 1. The molecule has 2 heteroatoms. The quantitative estimate of drug-likeness (QED) is 0.744. The predicted molar refractivity (Wildman–Crippen MR) is 59.8 cm³/mol. The van der Waals surface area contributed by atoms with E-state index < -0.39 is 0 Å². The minimum absolute atomic E-state index is 0.716. The van der Waals surface area contributed by atoms with Gasteiger partial charge in [-0.25, -0.2) is 0 Å². The van der Waals surface area contributed by atoms with Gasteiger partial charge in [0.25, 0.3) is 0 Å². The molecular weight excluding hydrogens is 226 g/mol. The first kappa shape index (κ1) is 9.07. The van der Waals surface area contributed by atoms with Crippen LogP contribution in [-0.4, -0.2) is 0 Å². The third-order valence-electron chi connectivity index (χ3n) is 2.84. The highest BCUT2D eigenvalue weighted by atomic mass is 79.9. The lowest BCUT2D eigenvalue weighted by atomic mass is 9.96. The number of nitrogen functional groups attached to an aromatic ring is 1. The Kier molecular flexibility index (Phi) is 2.58. The fourth-order valence-corrected chi connectivity index (χ4v) is 2.53. The lowest BCUT2D eigenvalue weighted by Crippen LogP contribution is -1.98. The number of hydrogen-bond donors (Lipinski definition) is 1. The SMILES string of the molecule is Nc1cc(Br)ccc1C1CCCC1. The fourth-order valence-electron chi connectivity index (χ4n) is 2.15. The molecular formula is C11H14BrN. The van der Waals surface area contributed by atoms with Crippen LogP contribution in [0.25, 0.3) is 0 Å². The third kappa shape index (κ3) is 1.88. The van der Waals surface area contributed by atoms with Crippen LogP contribution in [0.3, 0.4) is 0 Å². The van der Waals surface area contributed by atoms with Gasteiger partial charge in [0.15, 0.2) is 0 Å². The molecule has 0 heterocycles. The lowest BCUT2D eigenvalue weighted by Gasteiger charge is -2.12. The van der Waals surface area contributed by atoms with E-state index in [1.54, 1.807) is 0 Å². The van der Waals surface area contributed by atoms with Crippen LogP contribution in [0.2, 0.25) is 0 Å². The Morgan fingerprint density at radius 1 is 1.23 bits per heavy atom. The predicted octanol–water partition coefficient (Wildman–Crippen LogP) is 3.69. The standard InChI is InChI=1S/C11H14BrN/c12-9-5-6-10(11(13)7-9)8-3-1-2-4-8/h5-8H,1-4,13H2. The first-order chi connectivity index (χ1) is 6.27. The molecule has 1 aliphatic carbocycles. The zero-order valence-corrected chi connectivity index (χ0v) is 9.18. The van der Waals surface area contributed by atoms with Crippen molar-refractivity contribution in [3.8, 4) is 0 Å². The summed E-state index contributed by atoms with van der Waals surface area (Å²) in [7, 11) is 0. The summed E-state index contributed by atoms with van der Waals surface area (Å²) in [5, 5.41) is 0. The highest BCUT2D eigenvalue weighted by Gasteiger charge is 2.18. The van der Waals surface area contributed by atoms with E-state index in [0.29, 0.717) is 5.92 Å². The molecule has 0 aromatic heterocycles. The molecule has 0 amide bonds. The molecule has 1 saturated carbocycles. The molecule has 0 saturated heterocycles. The van der Waals surface area contributed by atoms with E-state index in [1.165, 1.54) is 31.2 Å². The van der Waals surface area contributed by atoms with Gasteiger partial charge in [0.2, 0.25) is 0 Å². The summed E-state index contributed by atoms with van der Waals surface area (Å²) in [5.41, 5.74) is 8.26. The monoisotopic (exact) mass is 239 g/mol. The molecule has 0 atom stereocenters. The zero-order valence-electron chi connectivity index (χ0n) is 7.59. The molecule has 2 N–H and O–H groups in total. The Morgan fingerprint density at radius 2 is 1.92 bits per heavy atom. The average molecular weight is 240 g/mol. The van der Waals surface area contributed by atoms with Gasteiger partial charge >= 0.3 is 0 Å². The van der Waals surface area contributed by atoms with Crippen molar-refractivity contribution >= 4 is 21.6 Å². The molecule has 13 heavy (non-hydrogen) atoms. The highest BCUT2D eigenvalue weighted by molar-refractivity contribution is 9.10. The van der Waals surface area contributed by atoms with Crippen LogP contribution in [0.15, 0.2) is 22.7 Å². The minimum atomic E-state index is 0.716.